The molecule has 1 aliphatic heterocycles. The van der Waals surface area contributed by atoms with Gasteiger partial charge in [0.15, 0.2) is 5.17 Å². The molecule has 1 aliphatic carbocycles. The highest BCUT2D eigenvalue weighted by atomic mass is 32.2. The van der Waals surface area contributed by atoms with Gasteiger partial charge in [-0.1, -0.05) is 29.0 Å². The summed E-state index contributed by atoms with van der Waals surface area (Å²) < 4.78 is 0. The van der Waals surface area contributed by atoms with E-state index < -0.39 is 11.6 Å². The quantitative estimate of drug-likeness (QED) is 0.467. The molecule has 0 unspecified atom stereocenters. The van der Waals surface area contributed by atoms with Crippen molar-refractivity contribution in [2.24, 2.45) is 16.0 Å². The molecule has 0 saturated heterocycles. The van der Waals surface area contributed by atoms with Crippen LogP contribution in [0.1, 0.15) is 24.5 Å². The minimum atomic E-state index is -1.10. The maximum absolute atomic E-state index is 10.9. The number of nitrogens with zero attached hydrogens (tertiary/aromatic N) is 4. The lowest BCUT2D eigenvalue weighted by Gasteiger charge is -2.43. The smallest absolute Gasteiger partial charge is 0.410 e. The summed E-state index contributed by atoms with van der Waals surface area (Å²) in [5.41, 5.74) is 10.9. The van der Waals surface area contributed by atoms with Gasteiger partial charge in [-0.05, 0) is 48.4 Å². The van der Waals surface area contributed by atoms with Gasteiger partial charge < -0.3 is 5.11 Å². The van der Waals surface area contributed by atoms with Gasteiger partial charge in [0.05, 0.1) is 5.54 Å². The highest BCUT2D eigenvalue weighted by molar-refractivity contribution is 8.13. The number of amides is 1. The van der Waals surface area contributed by atoms with Crippen LogP contribution in [0.4, 0.5) is 10.5 Å². The summed E-state index contributed by atoms with van der Waals surface area (Å²) in [6.07, 6.45) is 0.873. The number of amidine groups is 1. The number of carbonyl (C=O) groups is 1. The molecular formula is C14H15N5O2S. The Hall–Kier alpha value is -2.18. The first-order valence-electron chi connectivity index (χ1n) is 6.94. The number of rotatable bonds is 1. The molecule has 0 fully saturated rings. The molecule has 3 rings (SSSR count). The Bertz CT molecular complexity index is 713. The van der Waals surface area contributed by atoms with Crippen molar-refractivity contribution in [2.45, 2.75) is 25.3 Å². The number of thioether (sulfide) groups is 1. The molecule has 2 aliphatic rings. The van der Waals surface area contributed by atoms with E-state index >= 15 is 0 Å². The van der Waals surface area contributed by atoms with Crippen LogP contribution in [-0.4, -0.2) is 22.1 Å². The van der Waals surface area contributed by atoms with Crippen molar-refractivity contribution in [2.75, 3.05) is 5.75 Å². The van der Waals surface area contributed by atoms with Crippen molar-refractivity contribution in [3.63, 3.8) is 0 Å². The van der Waals surface area contributed by atoms with Crippen LogP contribution in [0.3, 0.4) is 0 Å². The number of azide groups is 1. The van der Waals surface area contributed by atoms with E-state index in [-0.39, 0.29) is 0 Å². The molecule has 0 aromatic heterocycles. The predicted octanol–water partition coefficient (Wildman–Crippen LogP) is 3.78. The second-order valence-corrected chi connectivity index (χ2v) is 6.58. The molecule has 2 N–H and O–H groups in total. The summed E-state index contributed by atoms with van der Waals surface area (Å²) in [7, 11) is 0. The maximum Gasteiger partial charge on any atom is 0.410 e. The minimum absolute atomic E-state index is 0.339. The first-order chi connectivity index (χ1) is 10.5. The summed E-state index contributed by atoms with van der Waals surface area (Å²) in [6, 6.07) is 5.65. The number of benzene rings is 1. The molecule has 1 amide bonds. The van der Waals surface area contributed by atoms with E-state index in [1.54, 1.807) is 6.07 Å². The number of fused-ring (bicyclic) bond motifs is 3. The van der Waals surface area contributed by atoms with Gasteiger partial charge in [-0.25, -0.2) is 4.79 Å². The van der Waals surface area contributed by atoms with Gasteiger partial charge in [-0.2, -0.15) is 0 Å². The summed E-state index contributed by atoms with van der Waals surface area (Å²) in [6.45, 7) is 2.03. The van der Waals surface area contributed by atoms with Crippen molar-refractivity contribution >= 4 is 28.7 Å². The Morgan fingerprint density at radius 1 is 1.64 bits per heavy atom. The van der Waals surface area contributed by atoms with Gasteiger partial charge in [0.2, 0.25) is 0 Å². The van der Waals surface area contributed by atoms with Gasteiger partial charge >= 0.3 is 6.09 Å². The average molecular weight is 317 g/mol. The van der Waals surface area contributed by atoms with Gasteiger partial charge in [-0.15, -0.1) is 0 Å². The molecule has 8 heteroatoms. The molecular weight excluding hydrogens is 302 g/mol. The number of aliphatic imine (C=N–C) groups is 1. The highest BCUT2D eigenvalue weighted by Gasteiger charge is 2.43. The SMILES string of the molecule is C[C@]12N=C(NC(=O)O)SC[C@H]1CCc1ccc(N=[N+]=[N-])cc12. The molecule has 7 nitrogen and oxygen atoms in total. The molecule has 1 heterocycles. The Kier molecular flexibility index (Phi) is 3.72. The van der Waals surface area contributed by atoms with Crippen molar-refractivity contribution in [1.29, 1.82) is 0 Å². The van der Waals surface area contributed by atoms with Crippen molar-refractivity contribution in [1.82, 2.24) is 5.32 Å². The standard InChI is InChI=1S/C14H15N5O2S/c1-14-9(7-22-12(17-14)16-13(20)21)4-2-8-3-5-10(18-19-15)6-11(8)14/h3,5-6,9H,2,4,7H2,1H3,(H,16,17)(H,20,21)/t9-,14+/m1/s1. The molecule has 0 bridgehead atoms. The fraction of sp³-hybridized carbons (Fsp3) is 0.429. The topological polar surface area (TPSA) is 110 Å². The number of carboxylic acid groups (broad SMARTS) is 1. The van der Waals surface area contributed by atoms with E-state index in [1.807, 2.05) is 19.1 Å². The van der Waals surface area contributed by atoms with Crippen LogP contribution in [0.25, 0.3) is 10.4 Å². The predicted molar refractivity (Wildman–Crippen MR) is 85.5 cm³/mol. The molecule has 22 heavy (non-hydrogen) atoms. The van der Waals surface area contributed by atoms with Crippen LogP contribution in [0.2, 0.25) is 0 Å². The number of nitrogens with one attached hydrogen (secondary N) is 1. The summed E-state index contributed by atoms with van der Waals surface area (Å²) >= 11 is 1.44. The minimum Gasteiger partial charge on any atom is -0.465 e. The van der Waals surface area contributed by atoms with Crippen LogP contribution < -0.4 is 5.32 Å². The molecule has 0 spiro atoms. The van der Waals surface area contributed by atoms with Crippen molar-refractivity contribution < 1.29 is 9.90 Å². The fourth-order valence-electron chi connectivity index (χ4n) is 3.17. The average Bonchev–Trinajstić information content (AvgIpc) is 2.46. The molecule has 0 radical (unpaired) electrons. The van der Waals surface area contributed by atoms with E-state index in [2.05, 4.69) is 20.3 Å². The zero-order valence-corrected chi connectivity index (χ0v) is 12.8. The van der Waals surface area contributed by atoms with Crippen LogP contribution >= 0.6 is 11.8 Å². The van der Waals surface area contributed by atoms with Crippen LogP contribution in [0, 0.1) is 5.92 Å². The third kappa shape index (κ3) is 2.51. The third-order valence-corrected chi connectivity index (χ3v) is 5.36. The lowest BCUT2D eigenvalue weighted by Crippen LogP contribution is -2.43. The van der Waals surface area contributed by atoms with Gasteiger partial charge in [0, 0.05) is 16.4 Å². The number of hydrogen-bond donors (Lipinski definition) is 2. The molecule has 1 aromatic carbocycles. The van der Waals surface area contributed by atoms with Crippen molar-refractivity contribution in [3.05, 3.63) is 39.8 Å². The fourth-order valence-corrected chi connectivity index (χ4v) is 4.44. The molecule has 2 atom stereocenters. The number of aryl methyl sites for hydroxylation is 1. The second kappa shape index (κ2) is 5.55. The largest absolute Gasteiger partial charge is 0.465 e. The van der Waals surface area contributed by atoms with Crippen molar-refractivity contribution in [3.8, 4) is 0 Å². The molecule has 1 aromatic rings. The van der Waals surface area contributed by atoms with E-state index in [0.717, 1.165) is 24.2 Å². The summed E-state index contributed by atoms with van der Waals surface area (Å²) in [5, 5.41) is 15.3. The van der Waals surface area contributed by atoms with Crippen LogP contribution in [0.15, 0.2) is 28.3 Å². The van der Waals surface area contributed by atoms with Gasteiger partial charge in [0.25, 0.3) is 0 Å². The lowest BCUT2D eigenvalue weighted by molar-refractivity contribution is 0.200. The lowest BCUT2D eigenvalue weighted by atomic mass is 9.71. The summed E-state index contributed by atoms with van der Waals surface area (Å²) in [5.74, 6) is 1.16. The van der Waals surface area contributed by atoms with E-state index in [4.69, 9.17) is 10.6 Å². The Balaban J connectivity index is 2.09. The van der Waals surface area contributed by atoms with Gasteiger partial charge in [-0.3, -0.25) is 10.3 Å². The maximum atomic E-state index is 10.9. The zero-order valence-electron chi connectivity index (χ0n) is 12.0. The second-order valence-electron chi connectivity index (χ2n) is 5.57. The summed E-state index contributed by atoms with van der Waals surface area (Å²) in [4.78, 5) is 18.4. The normalized spacial score (nSPS) is 26.0. The van der Waals surface area contributed by atoms with Gasteiger partial charge in [0.1, 0.15) is 0 Å². The Morgan fingerprint density at radius 3 is 3.18 bits per heavy atom. The first kappa shape index (κ1) is 14.7. The van der Waals surface area contributed by atoms with Crippen LogP contribution in [0.5, 0.6) is 0 Å². The Labute approximate surface area is 131 Å². The first-order valence-corrected chi connectivity index (χ1v) is 7.92. The molecule has 114 valence electrons. The van der Waals surface area contributed by atoms with E-state index in [0.29, 0.717) is 16.8 Å². The van der Waals surface area contributed by atoms with Crippen LogP contribution in [-0.2, 0) is 12.0 Å². The number of hydrogen-bond acceptors (Lipinski definition) is 4. The Morgan fingerprint density at radius 2 is 2.45 bits per heavy atom. The zero-order chi connectivity index (χ0) is 15.7. The van der Waals surface area contributed by atoms with E-state index in [1.165, 1.54) is 17.3 Å². The van der Waals surface area contributed by atoms with E-state index in [9.17, 15) is 4.79 Å². The monoisotopic (exact) mass is 317 g/mol. The highest BCUT2D eigenvalue weighted by Crippen LogP contribution is 2.47. The molecule has 0 saturated carbocycles. The third-order valence-electron chi connectivity index (χ3n) is 4.32.